The fourth-order valence-corrected chi connectivity index (χ4v) is 20.7. The molecule has 0 bridgehead atoms. The molecule has 0 fully saturated rings. The number of nitrogens with zero attached hydrogens (tertiary/aromatic N) is 10. The van der Waals surface area contributed by atoms with E-state index in [1.54, 1.807) is 0 Å². The van der Waals surface area contributed by atoms with E-state index >= 15 is 0 Å². The first-order valence-electron chi connectivity index (χ1n) is 48.0. The molecule has 0 saturated carbocycles. The molecule has 0 aliphatic heterocycles. The fourth-order valence-electron chi connectivity index (χ4n) is 20.7. The third-order valence-corrected chi connectivity index (χ3v) is 28.0. The summed E-state index contributed by atoms with van der Waals surface area (Å²) in [6.45, 7) is 21.1. The minimum absolute atomic E-state index is 0. The molecule has 3 atom stereocenters. The molecule has 0 aliphatic rings. The standard InChI is InChI=1S/C41H34N2.C35H30N2.C27H26N3O.C22H16N3.Ir/c1-3-28(2)24-29-20-22-30(23-21-29)31-25-32(42-38-16-8-4-12-34(38)35-13-5-9-17-39(35)42)27-33(26-31)43-40-18-10-6-14-36(40)37-15-7-11-19-41(37)43;1-3-24(2)20-25-21-26(36-32-16-8-4-12-28(32)29-13-5-9-17-33(29)36)23-27(22-25)37-34-18-10-6-14-30(34)31-15-7-11-19-35(31)37;1-4-18(2)16-31-17-20-12-13-21(19(3)29-20)23-10-7-11-26-27(23)24-9-6-5-8-22(24)25-14-15-28-30(25)26;1-14-10-11-16(15(2)24-14)18-8-5-9-21-22(18)19-7-4-3-6-17(19)20-12-13-23-25(20)21;/h4-23,25-28H,3,24H2,1-2H3;4-19,21-24H,3,20H2,1-2H3;5-10,12-15,18H,4,16-17H2,1-3H3;3-8,10-13H,1-2H3;/q;;2*-1;. The van der Waals surface area contributed by atoms with Crippen LogP contribution in [0.25, 0.3) is 198 Å². The number of para-hydroxylation sites is 8. The Morgan fingerprint density at radius 3 is 0.964 bits per heavy atom. The third-order valence-electron chi connectivity index (χ3n) is 28.0. The molecule has 10 heterocycles. The van der Waals surface area contributed by atoms with Gasteiger partial charge in [-0.25, -0.2) is 0 Å². The van der Waals surface area contributed by atoms with Crippen molar-refractivity contribution >= 4 is 142 Å². The van der Waals surface area contributed by atoms with Gasteiger partial charge in [-0.1, -0.05) is 313 Å². The van der Waals surface area contributed by atoms with Crippen LogP contribution in [0.15, 0.2) is 376 Å². The number of aryl methyl sites for hydroxylation is 3. The summed E-state index contributed by atoms with van der Waals surface area (Å²) in [5, 5.41) is 26.5. The third kappa shape index (κ3) is 16.4. The van der Waals surface area contributed by atoms with Gasteiger partial charge in [0, 0.05) is 122 Å². The van der Waals surface area contributed by atoms with Gasteiger partial charge in [0.1, 0.15) is 0 Å². The molecular weight excluding hydrogens is 1850 g/mol. The molecule has 673 valence electrons. The van der Waals surface area contributed by atoms with Crippen LogP contribution in [0.4, 0.5) is 0 Å². The van der Waals surface area contributed by atoms with E-state index in [4.69, 9.17) is 9.72 Å². The summed E-state index contributed by atoms with van der Waals surface area (Å²) in [4.78, 5) is 9.51. The van der Waals surface area contributed by atoms with Gasteiger partial charge in [-0.3, -0.25) is 19.0 Å². The number of hydrogen-bond acceptors (Lipinski definition) is 5. The Hall–Kier alpha value is -15.2. The Morgan fingerprint density at radius 2 is 0.613 bits per heavy atom. The van der Waals surface area contributed by atoms with Crippen molar-refractivity contribution in [2.24, 2.45) is 17.8 Å². The van der Waals surface area contributed by atoms with Gasteiger partial charge in [-0.05, 0) is 216 Å². The quantitative estimate of drug-likeness (QED) is 0.0631. The SMILES string of the molecule is CCC(C)COCc1ccc(-c2cc[c-]c3c2c2ccccc2c2ccnn32)c(C)n1.CCC(C)Cc1cc(-n2c3ccccc3c3ccccc32)cc(-n2c3ccccc3c3ccccc32)c1.CCC(C)Cc1ccc(-c2cc(-n3c4ccccc4c4ccccc43)cc(-n3c4ccccc4c4ccccc43)c2)cc1.Cc1ccc(-c2cc[c-]c3c2c2ccccc2c2ccnn32)c(C)n1.[Ir]. The van der Waals surface area contributed by atoms with E-state index in [2.05, 4.69) is 453 Å². The van der Waals surface area contributed by atoms with E-state index in [1.165, 1.54) is 166 Å². The number of aromatic nitrogens is 10. The number of fused-ring (bicyclic) bond motifs is 24. The zero-order valence-electron chi connectivity index (χ0n) is 78.7. The molecule has 0 amide bonds. The van der Waals surface area contributed by atoms with Gasteiger partial charge in [-0.2, -0.15) is 46.6 Å². The maximum Gasteiger partial charge on any atom is 0.0888 e. The fraction of sp³-hybridized carbons (Fsp3) is 0.152. The minimum Gasteiger partial charge on any atom is -0.375 e. The molecule has 15 aromatic carbocycles. The first-order valence-corrected chi connectivity index (χ1v) is 48.0. The van der Waals surface area contributed by atoms with Crippen LogP contribution < -0.4 is 0 Å². The average molecular weight is 1960 g/mol. The summed E-state index contributed by atoms with van der Waals surface area (Å²) in [7, 11) is 0. The van der Waals surface area contributed by atoms with Crippen molar-refractivity contribution in [1.82, 2.24) is 47.5 Å². The Morgan fingerprint density at radius 1 is 0.292 bits per heavy atom. The second kappa shape index (κ2) is 37.9. The van der Waals surface area contributed by atoms with E-state index in [9.17, 15) is 0 Å². The molecule has 137 heavy (non-hydrogen) atoms. The molecule has 25 rings (SSSR count). The van der Waals surface area contributed by atoms with Crippen LogP contribution >= 0.6 is 0 Å². The van der Waals surface area contributed by atoms with Gasteiger partial charge in [0.05, 0.1) is 67.5 Å². The number of ether oxygens (including phenoxy) is 1. The molecule has 0 aliphatic carbocycles. The summed E-state index contributed by atoms with van der Waals surface area (Å²) in [6.07, 6.45) is 9.37. The second-order valence-electron chi connectivity index (χ2n) is 36.8. The van der Waals surface area contributed by atoms with Crippen molar-refractivity contribution in [3.8, 4) is 56.1 Å². The Labute approximate surface area is 811 Å². The summed E-state index contributed by atoms with van der Waals surface area (Å²) in [6, 6.07) is 138. The maximum atomic E-state index is 5.86. The summed E-state index contributed by atoms with van der Waals surface area (Å²) in [5.41, 5.74) is 32.7. The van der Waals surface area contributed by atoms with Crippen molar-refractivity contribution in [2.45, 2.75) is 101 Å². The maximum absolute atomic E-state index is 5.86. The summed E-state index contributed by atoms with van der Waals surface area (Å²) in [5.74, 6) is 1.88. The van der Waals surface area contributed by atoms with E-state index in [0.717, 1.165) is 104 Å². The van der Waals surface area contributed by atoms with Gasteiger partial charge in [-0.15, -0.1) is 11.1 Å². The molecule has 0 saturated heterocycles. The van der Waals surface area contributed by atoms with Crippen LogP contribution in [0.3, 0.4) is 0 Å². The minimum atomic E-state index is 0. The predicted molar refractivity (Wildman–Crippen MR) is 570 cm³/mol. The summed E-state index contributed by atoms with van der Waals surface area (Å²) < 4.78 is 19.6. The van der Waals surface area contributed by atoms with Gasteiger partial charge < -0.3 is 23.0 Å². The monoisotopic (exact) mass is 1960 g/mol. The van der Waals surface area contributed by atoms with Crippen molar-refractivity contribution in [2.75, 3.05) is 6.61 Å². The van der Waals surface area contributed by atoms with Crippen LogP contribution in [0, 0.1) is 50.7 Å². The van der Waals surface area contributed by atoms with E-state index < -0.39 is 0 Å². The first kappa shape index (κ1) is 88.4. The van der Waals surface area contributed by atoms with Crippen LogP contribution in [-0.4, -0.2) is 54.1 Å². The van der Waals surface area contributed by atoms with E-state index in [1.807, 2.05) is 40.5 Å². The van der Waals surface area contributed by atoms with Crippen LogP contribution in [0.2, 0.25) is 0 Å². The molecule has 10 aromatic heterocycles. The zero-order valence-corrected chi connectivity index (χ0v) is 81.1. The van der Waals surface area contributed by atoms with Gasteiger partial charge >= 0.3 is 0 Å². The molecule has 25 aromatic rings. The average Bonchev–Trinajstić information content (AvgIpc) is 1.71. The van der Waals surface area contributed by atoms with Crippen molar-refractivity contribution < 1.29 is 24.8 Å². The Bertz CT molecular complexity index is 8390. The van der Waals surface area contributed by atoms with Crippen LogP contribution in [0.5, 0.6) is 0 Å². The molecule has 12 heteroatoms. The second-order valence-corrected chi connectivity index (χ2v) is 36.8. The Balaban J connectivity index is 0.000000111. The van der Waals surface area contributed by atoms with E-state index in [0.29, 0.717) is 24.4 Å². The van der Waals surface area contributed by atoms with Gasteiger partial charge in [0.2, 0.25) is 0 Å². The first-order chi connectivity index (χ1) is 66.8. The normalized spacial score (nSPS) is 12.4. The van der Waals surface area contributed by atoms with Crippen molar-refractivity contribution in [3.63, 3.8) is 0 Å². The van der Waals surface area contributed by atoms with Crippen LogP contribution in [-0.2, 0) is 44.3 Å². The molecule has 11 nitrogen and oxygen atoms in total. The number of pyridine rings is 4. The van der Waals surface area contributed by atoms with Gasteiger partial charge in [0.25, 0.3) is 0 Å². The van der Waals surface area contributed by atoms with Gasteiger partial charge in [0.15, 0.2) is 0 Å². The molecule has 0 spiro atoms. The largest absolute Gasteiger partial charge is 0.375 e. The van der Waals surface area contributed by atoms with Crippen molar-refractivity contribution in [3.05, 3.63) is 422 Å². The smallest absolute Gasteiger partial charge is 0.0888 e. The topological polar surface area (TPSA) is 89.3 Å². The zero-order chi connectivity index (χ0) is 92.2. The summed E-state index contributed by atoms with van der Waals surface area (Å²) >= 11 is 0. The molecule has 0 N–H and O–H groups in total. The van der Waals surface area contributed by atoms with Crippen LogP contribution in [0.1, 0.15) is 94.7 Å². The molecule has 1 radical (unpaired) electrons. The van der Waals surface area contributed by atoms with E-state index in [-0.39, 0.29) is 20.1 Å². The molecular formula is C125H106IrN10O-2. The molecule has 3 unspecified atom stereocenters. The number of hydrogen-bond donors (Lipinski definition) is 0. The van der Waals surface area contributed by atoms with Crippen molar-refractivity contribution in [1.29, 1.82) is 0 Å². The Kier molecular flexibility index (Phi) is 24.5. The predicted octanol–water partition coefficient (Wildman–Crippen LogP) is 32.1. The number of benzene rings is 15. The number of rotatable bonds is 18.